The van der Waals surface area contributed by atoms with Gasteiger partial charge in [-0.1, -0.05) is 26.0 Å². The van der Waals surface area contributed by atoms with Gasteiger partial charge in [-0.25, -0.2) is 0 Å². The quantitative estimate of drug-likeness (QED) is 0.781. The molecule has 1 aromatic rings. The third-order valence-corrected chi connectivity index (χ3v) is 3.46. The van der Waals surface area contributed by atoms with Crippen LogP contribution in [-0.2, 0) is 11.2 Å². The second kappa shape index (κ2) is 8.05. The van der Waals surface area contributed by atoms with Crippen molar-refractivity contribution in [3.05, 3.63) is 29.8 Å². The van der Waals surface area contributed by atoms with E-state index in [4.69, 9.17) is 11.6 Å². The Bertz CT molecular complexity index is 405. The van der Waals surface area contributed by atoms with Gasteiger partial charge in [0.05, 0.1) is 6.42 Å². The molecule has 0 radical (unpaired) electrons. The maximum absolute atomic E-state index is 12.4. The molecule has 106 valence electrons. The number of carbonyl (C=O) groups is 1. The Kier molecular flexibility index (Phi) is 6.71. The summed E-state index contributed by atoms with van der Waals surface area (Å²) in [4.78, 5) is 14.2. The van der Waals surface area contributed by atoms with Crippen molar-refractivity contribution in [2.45, 2.75) is 39.2 Å². The van der Waals surface area contributed by atoms with Crippen molar-refractivity contribution in [2.24, 2.45) is 0 Å². The molecule has 0 saturated carbocycles. The lowest BCUT2D eigenvalue weighted by atomic mass is 10.1. The number of phenolic OH excluding ortho intramolecular Hbond substituents is 1. The maximum atomic E-state index is 12.4. The van der Waals surface area contributed by atoms with Crippen molar-refractivity contribution >= 4 is 17.5 Å². The summed E-state index contributed by atoms with van der Waals surface area (Å²) in [7, 11) is 0. The number of phenols is 1. The second-order valence-electron chi connectivity index (χ2n) is 4.59. The van der Waals surface area contributed by atoms with Crippen LogP contribution >= 0.6 is 11.6 Å². The molecule has 1 N–H and O–H groups in total. The Hall–Kier alpha value is -1.22. The first-order valence-corrected chi connectivity index (χ1v) is 7.29. The molecule has 0 saturated heterocycles. The van der Waals surface area contributed by atoms with Crippen LogP contribution in [0.4, 0.5) is 0 Å². The van der Waals surface area contributed by atoms with Crippen molar-refractivity contribution in [3.8, 4) is 5.75 Å². The van der Waals surface area contributed by atoms with Crippen LogP contribution in [0.5, 0.6) is 5.75 Å². The molecular formula is C15H22ClNO2. The number of hydrogen-bond donors (Lipinski definition) is 1. The molecule has 3 nitrogen and oxygen atoms in total. The number of amides is 1. The minimum atomic E-state index is 0.0694. The van der Waals surface area contributed by atoms with Crippen LogP contribution in [0.15, 0.2) is 24.3 Å². The molecule has 1 amide bonds. The van der Waals surface area contributed by atoms with Gasteiger partial charge in [-0.15, -0.1) is 11.6 Å². The molecule has 0 fully saturated rings. The summed E-state index contributed by atoms with van der Waals surface area (Å²) >= 11 is 5.79. The first-order valence-electron chi connectivity index (χ1n) is 6.75. The lowest BCUT2D eigenvalue weighted by molar-refractivity contribution is -0.132. The third-order valence-electron chi connectivity index (χ3n) is 3.29. The van der Waals surface area contributed by atoms with Gasteiger partial charge in [-0.2, -0.15) is 0 Å². The molecule has 0 aliphatic heterocycles. The Morgan fingerprint density at radius 2 is 2.05 bits per heavy atom. The smallest absolute Gasteiger partial charge is 0.227 e. The zero-order chi connectivity index (χ0) is 14.3. The second-order valence-corrected chi connectivity index (χ2v) is 4.97. The number of aromatic hydroxyl groups is 1. The fraction of sp³-hybridized carbons (Fsp3) is 0.533. The van der Waals surface area contributed by atoms with Gasteiger partial charge in [0.15, 0.2) is 0 Å². The predicted octanol–water partition coefficient (Wildman–Crippen LogP) is 3.19. The number of hydrogen-bond acceptors (Lipinski definition) is 2. The van der Waals surface area contributed by atoms with E-state index >= 15 is 0 Å². The minimum Gasteiger partial charge on any atom is -0.508 e. The largest absolute Gasteiger partial charge is 0.508 e. The van der Waals surface area contributed by atoms with Crippen LogP contribution in [0.25, 0.3) is 0 Å². The van der Waals surface area contributed by atoms with Gasteiger partial charge in [-0.3, -0.25) is 4.79 Å². The van der Waals surface area contributed by atoms with Gasteiger partial charge in [0.25, 0.3) is 0 Å². The topological polar surface area (TPSA) is 40.5 Å². The molecular weight excluding hydrogens is 262 g/mol. The molecule has 0 heterocycles. The highest BCUT2D eigenvalue weighted by atomic mass is 35.5. The normalized spacial score (nSPS) is 10.7. The van der Waals surface area contributed by atoms with Crippen molar-refractivity contribution < 1.29 is 9.90 Å². The van der Waals surface area contributed by atoms with Gasteiger partial charge < -0.3 is 10.0 Å². The van der Waals surface area contributed by atoms with Crippen LogP contribution in [-0.4, -0.2) is 34.4 Å². The molecule has 4 heteroatoms. The average Bonchev–Trinajstić information content (AvgIpc) is 2.39. The molecule has 1 rings (SSSR count). The maximum Gasteiger partial charge on any atom is 0.227 e. The molecule has 1 aromatic carbocycles. The summed E-state index contributed by atoms with van der Waals surface area (Å²) in [6.45, 7) is 4.74. The molecule has 0 atom stereocenters. The van der Waals surface area contributed by atoms with Crippen molar-refractivity contribution in [1.82, 2.24) is 4.90 Å². The van der Waals surface area contributed by atoms with Crippen molar-refractivity contribution in [2.75, 3.05) is 12.4 Å². The van der Waals surface area contributed by atoms with E-state index in [0.29, 0.717) is 18.8 Å². The van der Waals surface area contributed by atoms with E-state index in [0.717, 1.165) is 18.4 Å². The van der Waals surface area contributed by atoms with E-state index in [1.807, 2.05) is 11.0 Å². The van der Waals surface area contributed by atoms with Gasteiger partial charge >= 0.3 is 0 Å². The van der Waals surface area contributed by atoms with Crippen LogP contribution in [0.3, 0.4) is 0 Å². The van der Waals surface area contributed by atoms with E-state index in [2.05, 4.69) is 13.8 Å². The molecule has 0 aliphatic carbocycles. The standard InChI is InChI=1S/C15H22ClNO2/c1-3-13(4-2)17(9-8-16)15(19)11-12-6-5-7-14(18)10-12/h5-7,10,13,18H,3-4,8-9,11H2,1-2H3. The van der Waals surface area contributed by atoms with Gasteiger partial charge in [0, 0.05) is 18.5 Å². The first kappa shape index (κ1) is 15.8. The lowest BCUT2D eigenvalue weighted by Crippen LogP contribution is -2.41. The Labute approximate surface area is 120 Å². The number of benzene rings is 1. The fourth-order valence-electron chi connectivity index (χ4n) is 2.27. The predicted molar refractivity (Wildman–Crippen MR) is 78.6 cm³/mol. The number of rotatable bonds is 7. The number of halogens is 1. The van der Waals surface area contributed by atoms with E-state index in [9.17, 15) is 9.90 Å². The summed E-state index contributed by atoms with van der Waals surface area (Å²) in [5.41, 5.74) is 0.829. The molecule has 0 unspecified atom stereocenters. The van der Waals surface area contributed by atoms with Crippen molar-refractivity contribution in [3.63, 3.8) is 0 Å². The van der Waals surface area contributed by atoms with E-state index in [-0.39, 0.29) is 17.7 Å². The van der Waals surface area contributed by atoms with E-state index in [1.165, 1.54) is 0 Å². The number of nitrogens with zero attached hydrogens (tertiary/aromatic N) is 1. The summed E-state index contributed by atoms with van der Waals surface area (Å²) in [6.07, 6.45) is 2.17. The monoisotopic (exact) mass is 283 g/mol. The third kappa shape index (κ3) is 4.75. The van der Waals surface area contributed by atoms with Crippen molar-refractivity contribution in [1.29, 1.82) is 0 Å². The van der Waals surface area contributed by atoms with Gasteiger partial charge in [0.2, 0.25) is 5.91 Å². The highest BCUT2D eigenvalue weighted by molar-refractivity contribution is 6.18. The SMILES string of the molecule is CCC(CC)N(CCCl)C(=O)Cc1cccc(O)c1. The number of carbonyl (C=O) groups excluding carboxylic acids is 1. The number of alkyl halides is 1. The van der Waals surface area contributed by atoms with Crippen LogP contribution in [0, 0.1) is 0 Å². The van der Waals surface area contributed by atoms with Gasteiger partial charge in [0.1, 0.15) is 5.75 Å². The zero-order valence-electron chi connectivity index (χ0n) is 11.6. The molecule has 19 heavy (non-hydrogen) atoms. The molecule has 0 spiro atoms. The van der Waals surface area contributed by atoms with E-state index < -0.39 is 0 Å². The fourth-order valence-corrected chi connectivity index (χ4v) is 2.46. The molecule has 0 aliphatic rings. The summed E-state index contributed by atoms with van der Waals surface area (Å²) < 4.78 is 0. The Balaban J connectivity index is 2.76. The van der Waals surface area contributed by atoms with Crippen LogP contribution < -0.4 is 0 Å². The van der Waals surface area contributed by atoms with Gasteiger partial charge in [-0.05, 0) is 30.5 Å². The molecule has 0 aromatic heterocycles. The highest BCUT2D eigenvalue weighted by Crippen LogP contribution is 2.15. The lowest BCUT2D eigenvalue weighted by Gasteiger charge is -2.30. The minimum absolute atomic E-state index is 0.0694. The highest BCUT2D eigenvalue weighted by Gasteiger charge is 2.20. The summed E-state index contributed by atoms with van der Waals surface area (Å²) in [5.74, 6) is 0.708. The van der Waals surface area contributed by atoms with Crippen LogP contribution in [0.2, 0.25) is 0 Å². The Morgan fingerprint density at radius 1 is 1.37 bits per heavy atom. The summed E-state index contributed by atoms with van der Waals surface area (Å²) in [6, 6.07) is 7.07. The molecule has 0 bridgehead atoms. The summed E-state index contributed by atoms with van der Waals surface area (Å²) in [5, 5.41) is 9.42. The van der Waals surface area contributed by atoms with Crippen LogP contribution in [0.1, 0.15) is 32.3 Å². The first-order chi connectivity index (χ1) is 9.12. The Morgan fingerprint density at radius 3 is 2.58 bits per heavy atom. The average molecular weight is 284 g/mol. The zero-order valence-corrected chi connectivity index (χ0v) is 12.4. The van der Waals surface area contributed by atoms with E-state index in [1.54, 1.807) is 18.2 Å².